The first-order valence-corrected chi connectivity index (χ1v) is 31.4. The maximum absolute atomic E-state index is 16.0. The van der Waals surface area contributed by atoms with Crippen molar-refractivity contribution in [3.8, 4) is 45.0 Å². The third-order valence-electron chi connectivity index (χ3n) is 17.1. The van der Waals surface area contributed by atoms with Crippen LogP contribution in [-0.4, -0.2) is 121 Å². The Morgan fingerprint density at radius 3 is 1.56 bits per heavy atom. The normalized spacial score (nSPS) is 19.0. The van der Waals surface area contributed by atoms with Gasteiger partial charge in [0.25, 0.3) is 11.8 Å². The Morgan fingerprint density at radius 1 is 0.663 bits per heavy atom. The lowest BCUT2D eigenvalue weighted by atomic mass is 9.72. The number of carbonyl (C=O) groups is 4. The van der Waals surface area contributed by atoms with Crippen molar-refractivity contribution >= 4 is 59.1 Å². The zero-order valence-electron chi connectivity index (χ0n) is 52.5. The molecule has 0 saturated heterocycles. The first-order valence-electron chi connectivity index (χ1n) is 30.6. The molecule has 6 heterocycles. The summed E-state index contributed by atoms with van der Waals surface area (Å²) in [7, 11) is 1.70. The van der Waals surface area contributed by atoms with Crippen LogP contribution in [0.3, 0.4) is 0 Å². The van der Waals surface area contributed by atoms with E-state index >= 15 is 9.59 Å². The molecule has 0 bridgehead atoms. The molecule has 2 aliphatic heterocycles. The highest BCUT2D eigenvalue weighted by molar-refractivity contribution is 6.33. The number of alkyl carbamates (subject to hydrolysis) is 2. The predicted molar refractivity (Wildman–Crippen MR) is 343 cm³/mol. The first-order chi connectivity index (χ1) is 45.2. The number of hydrogen-bond acceptors (Lipinski definition) is 16. The first kappa shape index (κ1) is 65.4. The number of aliphatic imine (C=N–C) groups is 2. The lowest BCUT2D eigenvalue weighted by Gasteiger charge is -2.36. The second-order valence-corrected chi connectivity index (χ2v) is 27.1. The summed E-state index contributed by atoms with van der Waals surface area (Å²) in [5.74, 6) is -0.506. The zero-order valence-corrected chi connectivity index (χ0v) is 54.0. The molecule has 0 spiro atoms. The van der Waals surface area contributed by atoms with Crippen LogP contribution in [0.15, 0.2) is 126 Å². The molecule has 4 aromatic carbocycles. The maximum atomic E-state index is 16.0. The van der Waals surface area contributed by atoms with Crippen LogP contribution in [0.4, 0.5) is 27.2 Å². The maximum Gasteiger partial charge on any atom is 0.407 e. The van der Waals surface area contributed by atoms with E-state index in [1.54, 1.807) is 92.0 Å². The van der Waals surface area contributed by atoms with Crippen LogP contribution in [0.5, 0.6) is 0 Å². The van der Waals surface area contributed by atoms with E-state index in [1.165, 1.54) is 45.6 Å². The SMILES string of the molecule is Cn1ncnc1-c1cc([C@@H](COC(=O)NC2CC2)N2C(=O)[C@@](CC(C)(C)Cc3nc(-c4cc([C@@H](COC(=O)NC5CC5)N5C(=O)[C@@](CC(C)(C)C)(c6ccc(-c7cnn(C(F)F)c7)cc6)N=C5N)ccc4Cl)n[nH]3)(c3ccc(-c4cnn(C(F)F)c4)cc3)N=C2N)ccc1Cl. The number of aromatic nitrogens is 10. The minimum atomic E-state index is -2.87. The number of guanidine groups is 2. The van der Waals surface area contributed by atoms with Gasteiger partial charge in [0.15, 0.2) is 34.6 Å². The third-order valence-corrected chi connectivity index (χ3v) is 17.7. The van der Waals surface area contributed by atoms with Crippen LogP contribution in [-0.2, 0) is 43.6 Å². The summed E-state index contributed by atoms with van der Waals surface area (Å²) in [6, 6.07) is 21.3. The van der Waals surface area contributed by atoms with Crippen LogP contribution in [0.25, 0.3) is 45.0 Å². The van der Waals surface area contributed by atoms with E-state index in [9.17, 15) is 27.2 Å². The Balaban J connectivity index is 0.863. The molecule has 12 rings (SSSR count). The molecule has 496 valence electrons. The van der Waals surface area contributed by atoms with Crippen LogP contribution in [0, 0.1) is 10.8 Å². The van der Waals surface area contributed by atoms with Crippen molar-refractivity contribution in [2.45, 2.75) is 128 Å². The third kappa shape index (κ3) is 13.7. The number of ether oxygens (including phenoxy) is 2. The number of amides is 4. The van der Waals surface area contributed by atoms with E-state index in [0.717, 1.165) is 25.7 Å². The second-order valence-electron chi connectivity index (χ2n) is 26.3. The van der Waals surface area contributed by atoms with Crippen molar-refractivity contribution in [3.05, 3.63) is 154 Å². The van der Waals surface area contributed by atoms with Crippen LogP contribution in [0.1, 0.15) is 126 Å². The molecule has 4 amide bonds. The standard InChI is InChI=1S/C65H68Cl2F4N18O6/c1-62(2,3)32-64(41-13-7-35(8-14-41)39-26-75-86(28-39)56(68)69)54(90)88(58(72)81-64)49(30-94-60(92)78-43-17-18-43)37-11-21-47(66)45(23-37)52-80-51(83-84-52)25-63(4,5)33-65(42-15-9-36(10-16-42)40-27-76-87(29-40)57(70)71)55(91)89(59(73)82-65)50(31-95-61(93)79-44-19-20-44)38-12-22-48(67)46(24-38)53-74-34-77-85(53)6/h7-16,21-24,26-29,34,43-44,49-50,56-57H,17-20,25,30-33H2,1-6H3,(H2,72,81)(H2,73,82)(H,78,92)(H,79,93)(H,80,83,84)/t49-,50-,64-,65-/m1/s1. The smallest absolute Gasteiger partial charge is 0.407 e. The van der Waals surface area contributed by atoms with Gasteiger partial charge in [-0.05, 0) is 107 Å². The fourth-order valence-electron chi connectivity index (χ4n) is 12.4. The average molecular weight is 1340 g/mol. The number of alkyl halides is 4. The van der Waals surface area contributed by atoms with E-state index in [-0.39, 0.29) is 67.3 Å². The molecule has 2 fully saturated rings. The quantitative estimate of drug-likeness (QED) is 0.0372. The molecule has 4 aliphatic rings. The molecular weight excluding hydrogens is 1280 g/mol. The van der Waals surface area contributed by atoms with Gasteiger partial charge in [0.05, 0.1) is 34.5 Å². The number of carbonyl (C=O) groups excluding carboxylic acids is 4. The van der Waals surface area contributed by atoms with E-state index in [0.29, 0.717) is 81.7 Å². The Labute approximate surface area is 552 Å². The molecular formula is C65H68Cl2F4N18O6. The molecule has 7 N–H and O–H groups in total. The van der Waals surface area contributed by atoms with Crippen molar-refractivity contribution in [2.75, 3.05) is 13.2 Å². The van der Waals surface area contributed by atoms with Crippen molar-refractivity contribution in [1.29, 1.82) is 0 Å². The Kier molecular flexibility index (Phi) is 17.6. The summed E-state index contributed by atoms with van der Waals surface area (Å²) in [6.45, 7) is 3.26. The lowest BCUT2D eigenvalue weighted by Crippen LogP contribution is -2.48. The summed E-state index contributed by atoms with van der Waals surface area (Å²) in [4.78, 5) is 80.1. The second kappa shape index (κ2) is 25.6. The molecule has 8 aromatic rings. The fourth-order valence-corrected chi connectivity index (χ4v) is 12.8. The van der Waals surface area contributed by atoms with E-state index in [2.05, 4.69) is 41.1 Å². The van der Waals surface area contributed by atoms with E-state index in [1.807, 2.05) is 34.6 Å². The number of aromatic amines is 1. The molecule has 30 heteroatoms. The molecule has 24 nitrogen and oxygen atoms in total. The van der Waals surface area contributed by atoms with Gasteiger partial charge in [-0.25, -0.2) is 43.6 Å². The summed E-state index contributed by atoms with van der Waals surface area (Å²) < 4.78 is 68.8. The van der Waals surface area contributed by atoms with Crippen molar-refractivity contribution < 1.29 is 46.2 Å². The summed E-state index contributed by atoms with van der Waals surface area (Å²) >= 11 is 13.8. The number of nitrogens with one attached hydrogen (secondary N) is 3. The van der Waals surface area contributed by atoms with Gasteiger partial charge in [0, 0.05) is 60.2 Å². The van der Waals surface area contributed by atoms with Crippen LogP contribution < -0.4 is 22.1 Å². The molecule has 2 saturated carbocycles. The topological polar surface area (TPSA) is 302 Å². The molecule has 0 radical (unpaired) electrons. The van der Waals surface area contributed by atoms with Gasteiger partial charge in [-0.15, -0.1) is 0 Å². The molecule has 4 atom stereocenters. The summed E-state index contributed by atoms with van der Waals surface area (Å²) in [5, 5.41) is 25.7. The largest absolute Gasteiger partial charge is 0.447 e. The minimum absolute atomic E-state index is 0.0256. The van der Waals surface area contributed by atoms with Crippen LogP contribution in [0.2, 0.25) is 10.0 Å². The highest BCUT2D eigenvalue weighted by atomic mass is 35.5. The molecule has 2 aliphatic carbocycles. The number of rotatable bonds is 23. The molecule has 95 heavy (non-hydrogen) atoms. The summed E-state index contributed by atoms with van der Waals surface area (Å²) in [6.07, 6.45) is 8.52. The fraction of sp³-hybridized carbons (Fsp3) is 0.385. The van der Waals surface area contributed by atoms with Crippen molar-refractivity contribution in [1.82, 2.24) is 69.9 Å². The highest BCUT2D eigenvalue weighted by Gasteiger charge is 2.55. The van der Waals surface area contributed by atoms with Gasteiger partial charge in [-0.2, -0.15) is 38.0 Å². The summed E-state index contributed by atoms with van der Waals surface area (Å²) in [5.41, 5.74) is 13.6. The number of nitrogens with two attached hydrogens (primary N) is 2. The number of halogens is 6. The Hall–Kier alpha value is -9.70. The zero-order chi connectivity index (χ0) is 67.5. The number of benzene rings is 4. The number of H-pyrrole nitrogens is 1. The Morgan fingerprint density at radius 2 is 1.13 bits per heavy atom. The van der Waals surface area contributed by atoms with Gasteiger partial charge < -0.3 is 31.6 Å². The number of aryl methyl sites for hydroxylation is 1. The van der Waals surface area contributed by atoms with Crippen molar-refractivity contribution in [2.24, 2.45) is 39.3 Å². The highest BCUT2D eigenvalue weighted by Crippen LogP contribution is 2.49. The van der Waals surface area contributed by atoms with Crippen LogP contribution >= 0.6 is 23.2 Å². The number of hydrogen-bond donors (Lipinski definition) is 5. The Bertz CT molecular complexity index is 4290. The molecule has 0 unspecified atom stereocenters. The van der Waals surface area contributed by atoms with Gasteiger partial charge in [-0.3, -0.25) is 24.5 Å². The monoisotopic (exact) mass is 1340 g/mol. The van der Waals surface area contributed by atoms with Gasteiger partial charge >= 0.3 is 25.3 Å². The van der Waals surface area contributed by atoms with E-state index in [4.69, 9.17) is 59.1 Å². The van der Waals surface area contributed by atoms with Gasteiger partial charge in [0.2, 0.25) is 0 Å². The van der Waals surface area contributed by atoms with Gasteiger partial charge in [-0.1, -0.05) is 118 Å². The number of nitrogens with zero attached hydrogens (tertiary/aromatic N) is 13. The van der Waals surface area contributed by atoms with Crippen molar-refractivity contribution in [3.63, 3.8) is 0 Å². The average Bonchev–Trinajstić information content (AvgIpc) is 1.60. The lowest BCUT2D eigenvalue weighted by molar-refractivity contribution is -0.135. The molecule has 4 aromatic heterocycles. The van der Waals surface area contributed by atoms with Gasteiger partial charge in [0.1, 0.15) is 25.4 Å². The predicted octanol–water partition coefficient (Wildman–Crippen LogP) is 11.2. The van der Waals surface area contributed by atoms with E-state index < -0.39 is 71.1 Å². The minimum Gasteiger partial charge on any atom is -0.447 e.